The molecule has 19 heavy (non-hydrogen) atoms. The quantitative estimate of drug-likeness (QED) is 0.921. The molecule has 1 saturated heterocycles. The minimum absolute atomic E-state index is 0.284. The first kappa shape index (κ1) is 14.8. The van der Waals surface area contributed by atoms with Gasteiger partial charge in [-0.15, -0.1) is 0 Å². The van der Waals surface area contributed by atoms with Crippen molar-refractivity contribution in [3.63, 3.8) is 0 Å². The standard InChI is InChI=1S/C15H23BrN2O/c1-10-8-18(9-11(2)19-10)15-6-5-13(7-14(15)16)12(3)17-4/h5-7,10-12,17H,8-9H2,1-4H3. The van der Waals surface area contributed by atoms with Crippen molar-refractivity contribution in [2.45, 2.75) is 39.0 Å². The van der Waals surface area contributed by atoms with Gasteiger partial charge in [0.05, 0.1) is 17.9 Å². The highest BCUT2D eigenvalue weighted by molar-refractivity contribution is 9.10. The lowest BCUT2D eigenvalue weighted by molar-refractivity contribution is -0.00525. The second-order valence-corrected chi connectivity index (χ2v) is 6.24. The Hall–Kier alpha value is -0.580. The van der Waals surface area contributed by atoms with Crippen LogP contribution in [0.15, 0.2) is 22.7 Å². The summed E-state index contributed by atoms with van der Waals surface area (Å²) >= 11 is 3.71. The average molecular weight is 327 g/mol. The first-order valence-electron chi connectivity index (χ1n) is 6.88. The van der Waals surface area contributed by atoms with Crippen LogP contribution in [0.2, 0.25) is 0 Å². The molecule has 1 aliphatic heterocycles. The molecule has 0 amide bonds. The first-order chi connectivity index (χ1) is 9.01. The van der Waals surface area contributed by atoms with Crippen molar-refractivity contribution in [1.29, 1.82) is 0 Å². The highest BCUT2D eigenvalue weighted by Gasteiger charge is 2.23. The average Bonchev–Trinajstić information content (AvgIpc) is 2.36. The molecule has 0 bridgehead atoms. The van der Waals surface area contributed by atoms with Gasteiger partial charge >= 0.3 is 0 Å². The van der Waals surface area contributed by atoms with Crippen molar-refractivity contribution in [1.82, 2.24) is 5.32 Å². The molecule has 0 aromatic heterocycles. The Morgan fingerprint density at radius 1 is 1.32 bits per heavy atom. The van der Waals surface area contributed by atoms with E-state index in [0.717, 1.165) is 17.6 Å². The Morgan fingerprint density at radius 3 is 2.47 bits per heavy atom. The number of nitrogens with one attached hydrogen (secondary N) is 1. The fourth-order valence-electron chi connectivity index (χ4n) is 2.59. The van der Waals surface area contributed by atoms with E-state index in [1.165, 1.54) is 11.3 Å². The Balaban J connectivity index is 2.21. The number of ether oxygens (including phenoxy) is 1. The molecule has 1 heterocycles. The predicted molar refractivity (Wildman–Crippen MR) is 83.8 cm³/mol. The van der Waals surface area contributed by atoms with Crippen LogP contribution in [-0.2, 0) is 4.74 Å². The first-order valence-corrected chi connectivity index (χ1v) is 7.67. The molecule has 2 rings (SSSR count). The summed E-state index contributed by atoms with van der Waals surface area (Å²) in [6.45, 7) is 8.33. The highest BCUT2D eigenvalue weighted by atomic mass is 79.9. The number of hydrogen-bond donors (Lipinski definition) is 1. The maximum Gasteiger partial charge on any atom is 0.0726 e. The molecule has 4 heteroatoms. The van der Waals surface area contributed by atoms with Crippen LogP contribution in [0.1, 0.15) is 32.4 Å². The van der Waals surface area contributed by atoms with Gasteiger partial charge in [-0.1, -0.05) is 6.07 Å². The Labute approximate surface area is 124 Å². The molecule has 1 aromatic rings. The highest BCUT2D eigenvalue weighted by Crippen LogP contribution is 2.31. The van der Waals surface area contributed by atoms with E-state index in [0.29, 0.717) is 6.04 Å². The van der Waals surface area contributed by atoms with E-state index in [1.807, 2.05) is 7.05 Å². The van der Waals surface area contributed by atoms with Crippen molar-refractivity contribution in [3.05, 3.63) is 28.2 Å². The molecule has 0 saturated carbocycles. The predicted octanol–water partition coefficient (Wildman–Crippen LogP) is 3.34. The smallest absolute Gasteiger partial charge is 0.0726 e. The summed E-state index contributed by atoms with van der Waals surface area (Å²) in [7, 11) is 1.98. The number of rotatable bonds is 3. The van der Waals surface area contributed by atoms with Gasteiger partial charge in [0.2, 0.25) is 0 Å². The number of morpholine rings is 1. The topological polar surface area (TPSA) is 24.5 Å². The van der Waals surface area contributed by atoms with Gasteiger partial charge in [0.15, 0.2) is 0 Å². The summed E-state index contributed by atoms with van der Waals surface area (Å²) in [5, 5.41) is 3.27. The zero-order chi connectivity index (χ0) is 14.0. The Morgan fingerprint density at radius 2 is 1.95 bits per heavy atom. The molecule has 106 valence electrons. The fraction of sp³-hybridized carbons (Fsp3) is 0.600. The molecular weight excluding hydrogens is 304 g/mol. The summed E-state index contributed by atoms with van der Waals surface area (Å²) in [6.07, 6.45) is 0.568. The van der Waals surface area contributed by atoms with Crippen LogP contribution >= 0.6 is 15.9 Å². The normalized spacial score (nSPS) is 25.4. The Kier molecular flexibility index (Phi) is 4.87. The summed E-state index contributed by atoms with van der Waals surface area (Å²) in [5.41, 5.74) is 2.56. The number of hydrogen-bond acceptors (Lipinski definition) is 3. The van der Waals surface area contributed by atoms with Gasteiger partial charge in [0, 0.05) is 23.6 Å². The number of halogens is 1. The third-order valence-corrected chi connectivity index (χ3v) is 4.30. The SMILES string of the molecule is CNC(C)c1ccc(N2CC(C)OC(C)C2)c(Br)c1. The largest absolute Gasteiger partial charge is 0.372 e. The van der Waals surface area contributed by atoms with Crippen LogP contribution in [0.4, 0.5) is 5.69 Å². The molecule has 3 nitrogen and oxygen atoms in total. The molecule has 1 aromatic carbocycles. The van der Waals surface area contributed by atoms with Gasteiger partial charge in [0.1, 0.15) is 0 Å². The summed E-state index contributed by atoms with van der Waals surface area (Å²) in [6, 6.07) is 6.98. The van der Waals surface area contributed by atoms with Crippen LogP contribution in [0.25, 0.3) is 0 Å². The van der Waals surface area contributed by atoms with Crippen molar-refractivity contribution in [2.24, 2.45) is 0 Å². The van der Waals surface area contributed by atoms with Crippen molar-refractivity contribution >= 4 is 21.6 Å². The van der Waals surface area contributed by atoms with Gasteiger partial charge in [-0.3, -0.25) is 0 Å². The van der Waals surface area contributed by atoms with Gasteiger partial charge < -0.3 is 15.0 Å². The molecule has 0 aliphatic carbocycles. The monoisotopic (exact) mass is 326 g/mol. The van der Waals surface area contributed by atoms with E-state index >= 15 is 0 Å². The van der Waals surface area contributed by atoms with Crippen molar-refractivity contribution in [3.8, 4) is 0 Å². The minimum Gasteiger partial charge on any atom is -0.372 e. The lowest BCUT2D eigenvalue weighted by atomic mass is 10.1. The second kappa shape index (κ2) is 6.25. The third-order valence-electron chi connectivity index (χ3n) is 3.67. The summed E-state index contributed by atoms with van der Waals surface area (Å²) < 4.78 is 6.95. The lowest BCUT2D eigenvalue weighted by Crippen LogP contribution is -2.45. The minimum atomic E-state index is 0.284. The molecule has 1 aliphatic rings. The third kappa shape index (κ3) is 3.50. The molecule has 1 N–H and O–H groups in total. The Bertz CT molecular complexity index is 428. The molecule has 1 fully saturated rings. The van der Waals surface area contributed by atoms with E-state index in [-0.39, 0.29) is 12.2 Å². The zero-order valence-electron chi connectivity index (χ0n) is 12.1. The van der Waals surface area contributed by atoms with Crippen molar-refractivity contribution < 1.29 is 4.74 Å². The lowest BCUT2D eigenvalue weighted by Gasteiger charge is -2.37. The number of benzene rings is 1. The van der Waals surface area contributed by atoms with Crippen LogP contribution in [-0.4, -0.2) is 32.3 Å². The van der Waals surface area contributed by atoms with Crippen molar-refractivity contribution in [2.75, 3.05) is 25.0 Å². The van der Waals surface area contributed by atoms with E-state index in [2.05, 4.69) is 65.1 Å². The number of anilines is 1. The van der Waals surface area contributed by atoms with Crippen LogP contribution < -0.4 is 10.2 Å². The van der Waals surface area contributed by atoms with Crippen LogP contribution in [0, 0.1) is 0 Å². The van der Waals surface area contributed by atoms with Gasteiger partial charge in [-0.05, 0) is 61.4 Å². The second-order valence-electron chi connectivity index (χ2n) is 5.38. The summed E-state index contributed by atoms with van der Waals surface area (Å²) in [4.78, 5) is 2.40. The van der Waals surface area contributed by atoms with Crippen LogP contribution in [0.5, 0.6) is 0 Å². The molecule has 0 spiro atoms. The van der Waals surface area contributed by atoms with Gasteiger partial charge in [0.25, 0.3) is 0 Å². The van der Waals surface area contributed by atoms with E-state index in [1.54, 1.807) is 0 Å². The van der Waals surface area contributed by atoms with Gasteiger partial charge in [-0.2, -0.15) is 0 Å². The molecule has 3 unspecified atom stereocenters. The zero-order valence-corrected chi connectivity index (χ0v) is 13.7. The van der Waals surface area contributed by atoms with E-state index in [4.69, 9.17) is 4.74 Å². The molecular formula is C15H23BrN2O. The maximum absolute atomic E-state index is 5.79. The van der Waals surface area contributed by atoms with E-state index in [9.17, 15) is 0 Å². The van der Waals surface area contributed by atoms with E-state index < -0.39 is 0 Å². The molecule has 3 atom stereocenters. The molecule has 0 radical (unpaired) electrons. The summed E-state index contributed by atoms with van der Waals surface area (Å²) in [5.74, 6) is 0. The van der Waals surface area contributed by atoms with Gasteiger partial charge in [-0.25, -0.2) is 0 Å². The fourth-order valence-corrected chi connectivity index (χ4v) is 3.24. The maximum atomic E-state index is 5.79. The number of nitrogens with zero attached hydrogens (tertiary/aromatic N) is 1. The van der Waals surface area contributed by atoms with Crippen LogP contribution in [0.3, 0.4) is 0 Å².